The molecule has 0 spiro atoms. The van der Waals surface area contributed by atoms with E-state index in [9.17, 15) is 13.2 Å². The lowest BCUT2D eigenvalue weighted by molar-refractivity contribution is -0.120. The second kappa shape index (κ2) is 8.75. The summed E-state index contributed by atoms with van der Waals surface area (Å²) in [5, 5.41) is 3.33. The number of nitrogens with one attached hydrogen (secondary N) is 1. The number of amides is 1. The highest BCUT2D eigenvalue weighted by molar-refractivity contribution is 7.92. The van der Waals surface area contributed by atoms with Gasteiger partial charge in [0.25, 0.3) is 10.0 Å². The maximum absolute atomic E-state index is 13.1. The Hall–Kier alpha value is -1.76. The number of rotatable bonds is 7. The van der Waals surface area contributed by atoms with Crippen molar-refractivity contribution in [2.75, 3.05) is 10.8 Å². The summed E-state index contributed by atoms with van der Waals surface area (Å²) in [5.41, 5.74) is 0.227. The molecule has 2 aromatic carbocycles. The largest absolute Gasteiger partial charge is 0.352 e. The van der Waals surface area contributed by atoms with Crippen molar-refractivity contribution in [2.24, 2.45) is 0 Å². The zero-order valence-corrected chi connectivity index (χ0v) is 16.8. The third-order valence-electron chi connectivity index (χ3n) is 3.77. The van der Waals surface area contributed by atoms with E-state index in [2.05, 4.69) is 5.32 Å². The maximum atomic E-state index is 13.1. The topological polar surface area (TPSA) is 66.5 Å². The molecule has 0 aromatic heterocycles. The van der Waals surface area contributed by atoms with Crippen LogP contribution in [-0.2, 0) is 14.8 Å². The second-order valence-corrected chi connectivity index (χ2v) is 8.56. The number of hydrogen-bond acceptors (Lipinski definition) is 3. The van der Waals surface area contributed by atoms with Crippen molar-refractivity contribution < 1.29 is 13.2 Å². The Morgan fingerprint density at radius 3 is 2.23 bits per heavy atom. The van der Waals surface area contributed by atoms with Gasteiger partial charge in [0.05, 0.1) is 10.6 Å². The maximum Gasteiger partial charge on any atom is 0.264 e. The van der Waals surface area contributed by atoms with Crippen LogP contribution in [0, 0.1) is 0 Å². The van der Waals surface area contributed by atoms with Crippen molar-refractivity contribution in [1.29, 1.82) is 0 Å². The van der Waals surface area contributed by atoms with Gasteiger partial charge in [0.2, 0.25) is 5.91 Å². The quantitative estimate of drug-likeness (QED) is 0.741. The van der Waals surface area contributed by atoms with E-state index < -0.39 is 15.9 Å². The number of sulfonamides is 1. The fourth-order valence-electron chi connectivity index (χ4n) is 2.27. The Morgan fingerprint density at radius 2 is 1.69 bits per heavy atom. The van der Waals surface area contributed by atoms with E-state index in [-0.39, 0.29) is 33.2 Å². The first kappa shape index (κ1) is 20.6. The van der Waals surface area contributed by atoms with Gasteiger partial charge in [-0.25, -0.2) is 8.42 Å². The molecule has 0 bridgehead atoms. The molecule has 1 amide bonds. The minimum Gasteiger partial charge on any atom is -0.352 e. The van der Waals surface area contributed by atoms with Crippen LogP contribution in [0.5, 0.6) is 0 Å². The molecule has 140 valence electrons. The highest BCUT2D eigenvalue weighted by Gasteiger charge is 2.27. The van der Waals surface area contributed by atoms with Crippen LogP contribution < -0.4 is 9.62 Å². The molecule has 0 radical (unpaired) electrons. The smallest absolute Gasteiger partial charge is 0.264 e. The number of hydrogen-bond donors (Lipinski definition) is 1. The molecule has 2 aromatic rings. The molecule has 0 fully saturated rings. The van der Waals surface area contributed by atoms with Gasteiger partial charge in [-0.3, -0.25) is 9.10 Å². The van der Waals surface area contributed by atoms with Gasteiger partial charge in [0.1, 0.15) is 6.54 Å². The normalized spacial score (nSPS) is 12.5. The molecule has 0 aliphatic rings. The van der Waals surface area contributed by atoms with Gasteiger partial charge in [-0.15, -0.1) is 0 Å². The minimum atomic E-state index is -3.97. The third-order valence-corrected chi connectivity index (χ3v) is 6.00. The summed E-state index contributed by atoms with van der Waals surface area (Å²) in [6, 6.07) is 12.3. The van der Waals surface area contributed by atoms with E-state index >= 15 is 0 Å². The summed E-state index contributed by atoms with van der Waals surface area (Å²) in [6.07, 6.45) is 0.736. The van der Waals surface area contributed by atoms with Crippen molar-refractivity contribution in [2.45, 2.75) is 31.2 Å². The van der Waals surface area contributed by atoms with Crippen LogP contribution in [0.15, 0.2) is 53.4 Å². The van der Waals surface area contributed by atoms with Gasteiger partial charge in [-0.05, 0) is 43.7 Å². The predicted molar refractivity (Wildman–Crippen MR) is 105 cm³/mol. The fourth-order valence-corrected chi connectivity index (χ4v) is 4.21. The molecule has 0 unspecified atom stereocenters. The minimum absolute atomic E-state index is 0.0632. The molecule has 1 N–H and O–H groups in total. The number of carbonyl (C=O) groups is 1. The monoisotopic (exact) mass is 414 g/mol. The van der Waals surface area contributed by atoms with E-state index in [0.29, 0.717) is 0 Å². The molecule has 26 heavy (non-hydrogen) atoms. The van der Waals surface area contributed by atoms with E-state index in [1.54, 1.807) is 18.2 Å². The van der Waals surface area contributed by atoms with Crippen LogP contribution in [0.3, 0.4) is 0 Å². The fraction of sp³-hybridized carbons (Fsp3) is 0.278. The summed E-state index contributed by atoms with van der Waals surface area (Å²) in [5.74, 6) is -0.407. The molecule has 0 aliphatic carbocycles. The van der Waals surface area contributed by atoms with Crippen molar-refractivity contribution in [3.8, 4) is 0 Å². The summed E-state index contributed by atoms with van der Waals surface area (Å²) in [7, 11) is -3.97. The first-order valence-electron chi connectivity index (χ1n) is 8.07. The predicted octanol–water partition coefficient (Wildman–Crippen LogP) is 4.10. The first-order chi connectivity index (χ1) is 12.2. The van der Waals surface area contributed by atoms with Crippen LogP contribution in [0.2, 0.25) is 10.0 Å². The summed E-state index contributed by atoms with van der Waals surface area (Å²) >= 11 is 12.1. The second-order valence-electron chi connectivity index (χ2n) is 5.83. The summed E-state index contributed by atoms with van der Waals surface area (Å²) < 4.78 is 27.2. The standard InChI is InChI=1S/C18H20Cl2N2O3S/c1-3-13(2)21-18(23)12-22(16-10-14(19)9-15(20)11-16)26(24,25)17-7-5-4-6-8-17/h4-11,13H,3,12H2,1-2H3,(H,21,23)/t13-/m1/s1. The average Bonchev–Trinajstić information content (AvgIpc) is 2.59. The lowest BCUT2D eigenvalue weighted by Crippen LogP contribution is -2.43. The average molecular weight is 415 g/mol. The summed E-state index contributed by atoms with van der Waals surface area (Å²) in [6.45, 7) is 3.41. The van der Waals surface area contributed by atoms with E-state index in [1.165, 1.54) is 30.3 Å². The highest BCUT2D eigenvalue weighted by atomic mass is 35.5. The van der Waals surface area contributed by atoms with Gasteiger partial charge in [-0.1, -0.05) is 48.3 Å². The van der Waals surface area contributed by atoms with Crippen LogP contribution >= 0.6 is 23.2 Å². The van der Waals surface area contributed by atoms with Crippen molar-refractivity contribution in [3.05, 3.63) is 58.6 Å². The number of nitrogens with zero attached hydrogens (tertiary/aromatic N) is 1. The zero-order valence-electron chi connectivity index (χ0n) is 14.4. The van der Waals surface area contributed by atoms with E-state index in [1.807, 2.05) is 13.8 Å². The van der Waals surface area contributed by atoms with Crippen LogP contribution in [0.4, 0.5) is 5.69 Å². The molecular formula is C18H20Cl2N2O3S. The number of benzene rings is 2. The molecule has 0 saturated carbocycles. The molecule has 2 rings (SSSR count). The van der Waals surface area contributed by atoms with E-state index in [4.69, 9.17) is 23.2 Å². The highest BCUT2D eigenvalue weighted by Crippen LogP contribution is 2.29. The van der Waals surface area contributed by atoms with Crippen molar-refractivity contribution >= 4 is 44.8 Å². The van der Waals surface area contributed by atoms with Gasteiger partial charge in [-0.2, -0.15) is 0 Å². The number of halogens is 2. The van der Waals surface area contributed by atoms with Gasteiger partial charge >= 0.3 is 0 Å². The van der Waals surface area contributed by atoms with E-state index in [0.717, 1.165) is 10.7 Å². The van der Waals surface area contributed by atoms with Gasteiger partial charge in [0, 0.05) is 16.1 Å². The van der Waals surface area contributed by atoms with Crippen LogP contribution in [-0.4, -0.2) is 26.9 Å². The van der Waals surface area contributed by atoms with Crippen molar-refractivity contribution in [1.82, 2.24) is 5.32 Å². The summed E-state index contributed by atoms with van der Waals surface area (Å²) in [4.78, 5) is 12.4. The molecule has 0 aliphatic heterocycles. The van der Waals surface area contributed by atoms with Crippen LogP contribution in [0.1, 0.15) is 20.3 Å². The molecule has 5 nitrogen and oxygen atoms in total. The zero-order chi connectivity index (χ0) is 19.3. The number of carbonyl (C=O) groups excluding carboxylic acids is 1. The molecular weight excluding hydrogens is 395 g/mol. The Morgan fingerprint density at radius 1 is 1.12 bits per heavy atom. The van der Waals surface area contributed by atoms with Crippen LogP contribution in [0.25, 0.3) is 0 Å². The first-order valence-corrected chi connectivity index (χ1v) is 10.3. The Kier molecular flexibility index (Phi) is 6.92. The number of anilines is 1. The third kappa shape index (κ3) is 5.13. The molecule has 0 heterocycles. The molecule has 0 saturated heterocycles. The molecule has 1 atom stereocenters. The Labute approximate surface area is 164 Å². The van der Waals surface area contributed by atoms with Gasteiger partial charge < -0.3 is 5.32 Å². The lowest BCUT2D eigenvalue weighted by atomic mass is 10.2. The van der Waals surface area contributed by atoms with Crippen molar-refractivity contribution in [3.63, 3.8) is 0 Å². The SMILES string of the molecule is CC[C@@H](C)NC(=O)CN(c1cc(Cl)cc(Cl)c1)S(=O)(=O)c1ccccc1. The molecule has 8 heteroatoms. The van der Waals surface area contributed by atoms with Gasteiger partial charge in [0.15, 0.2) is 0 Å². The lowest BCUT2D eigenvalue weighted by Gasteiger charge is -2.25. The Bertz CT molecular complexity index is 853. The Balaban J connectivity index is 2.46.